The van der Waals surface area contributed by atoms with E-state index in [0.29, 0.717) is 16.8 Å². The highest BCUT2D eigenvalue weighted by Gasteiger charge is 2.51. The Morgan fingerprint density at radius 1 is 1.29 bits per heavy atom. The fourth-order valence-corrected chi connectivity index (χ4v) is 3.66. The van der Waals surface area contributed by atoms with Crippen LogP contribution in [0.15, 0.2) is 17.0 Å². The van der Waals surface area contributed by atoms with E-state index >= 15 is 0 Å². The molecule has 0 aliphatic carbocycles. The van der Waals surface area contributed by atoms with Crippen LogP contribution in [-0.2, 0) is 22.1 Å². The molecule has 0 saturated carbocycles. The fraction of sp³-hybridized carbons (Fsp3) is 0.200. The summed E-state index contributed by atoms with van der Waals surface area (Å²) >= 11 is 7.80. The molecule has 2 aromatic rings. The molecule has 1 aromatic heterocycles. The summed E-state index contributed by atoms with van der Waals surface area (Å²) in [5.74, 6) is -0.998. The maximum absolute atomic E-state index is 13.1. The molecule has 0 fully saturated rings. The highest BCUT2D eigenvalue weighted by molar-refractivity contribution is 7.92. The van der Waals surface area contributed by atoms with E-state index in [0.717, 1.165) is 6.61 Å². The number of nitrogens with one attached hydrogen (secondary N) is 1. The van der Waals surface area contributed by atoms with Crippen LogP contribution in [-0.4, -0.2) is 25.9 Å². The first kappa shape index (κ1) is 24.9. The number of hydrogen-bond donors (Lipinski definition) is 1. The van der Waals surface area contributed by atoms with Crippen molar-refractivity contribution in [1.82, 2.24) is 9.78 Å². The van der Waals surface area contributed by atoms with Gasteiger partial charge < -0.3 is 9.29 Å². The predicted octanol–water partition coefficient (Wildman–Crippen LogP) is 5.43. The van der Waals surface area contributed by atoms with Gasteiger partial charge in [-0.25, -0.2) is 9.48 Å². The van der Waals surface area contributed by atoms with Crippen molar-refractivity contribution >= 4 is 46.3 Å². The fourth-order valence-electron chi connectivity index (χ4n) is 2.20. The van der Waals surface area contributed by atoms with E-state index in [2.05, 4.69) is 9.84 Å². The Kier molecular flexibility index (Phi) is 7.26. The van der Waals surface area contributed by atoms with Gasteiger partial charge in [0.05, 0.1) is 15.6 Å². The second-order valence-corrected chi connectivity index (χ2v) is 7.54. The monoisotopic (exact) mass is 507 g/mol. The van der Waals surface area contributed by atoms with Gasteiger partial charge >= 0.3 is 17.8 Å². The second kappa shape index (κ2) is 9.03. The number of carbonyl (C=O) groups excluding carboxylic acids is 1. The minimum absolute atomic E-state index is 0.360. The number of halogens is 8. The number of benzene rings is 1. The molecule has 1 unspecified atom stereocenters. The second-order valence-electron chi connectivity index (χ2n) is 5.32. The van der Waals surface area contributed by atoms with Gasteiger partial charge in [-0.15, -0.1) is 18.3 Å². The van der Waals surface area contributed by atoms with Crippen LogP contribution in [0.2, 0.25) is 10.0 Å². The van der Waals surface area contributed by atoms with E-state index in [-0.39, 0.29) is 0 Å². The van der Waals surface area contributed by atoms with Gasteiger partial charge in [-0.05, 0) is 19.1 Å². The lowest BCUT2D eigenvalue weighted by Crippen LogP contribution is -2.26. The van der Waals surface area contributed by atoms with Crippen molar-refractivity contribution in [2.75, 3.05) is 5.32 Å². The first-order valence-electron chi connectivity index (χ1n) is 7.56. The lowest BCUT2D eigenvalue weighted by atomic mass is 10.2. The van der Waals surface area contributed by atoms with Crippen LogP contribution < -0.4 is 5.32 Å². The summed E-state index contributed by atoms with van der Waals surface area (Å²) in [4.78, 5) is 10.5. The zero-order valence-electron chi connectivity index (χ0n) is 14.7. The number of carbonyl (C=O) groups is 1. The number of aromatic nitrogens is 2. The molecule has 7 nitrogen and oxygen atoms in total. The minimum atomic E-state index is -5.38. The summed E-state index contributed by atoms with van der Waals surface area (Å²) in [6.07, 6.45) is -6.24. The predicted molar refractivity (Wildman–Crippen MR) is 95.8 cm³/mol. The number of ether oxygens (including phenoxy) is 1. The van der Waals surface area contributed by atoms with Gasteiger partial charge in [-0.2, -0.15) is 18.4 Å². The normalized spacial score (nSPS) is 12.9. The molecule has 0 spiro atoms. The molecule has 1 aromatic carbocycles. The third-order valence-electron chi connectivity index (χ3n) is 3.34. The van der Waals surface area contributed by atoms with Crippen molar-refractivity contribution < 1.29 is 40.4 Å². The summed E-state index contributed by atoms with van der Waals surface area (Å²) in [7, 11) is 0. The molecular weight excluding hydrogens is 501 g/mol. The Morgan fingerprint density at radius 3 is 2.26 bits per heavy atom. The first-order valence-corrected chi connectivity index (χ1v) is 9.46. The van der Waals surface area contributed by atoms with E-state index in [4.69, 9.17) is 28.5 Å². The molecule has 167 valence electrons. The van der Waals surface area contributed by atoms with Crippen LogP contribution in [0.5, 0.6) is 0 Å². The Bertz CT molecular complexity index is 1030. The molecule has 0 saturated heterocycles. The Morgan fingerprint density at radius 2 is 1.84 bits per heavy atom. The molecular formula is C15H7Cl2F6N4O3S. The van der Waals surface area contributed by atoms with Gasteiger partial charge in [0, 0.05) is 0 Å². The SMILES string of the molecule is C[CH]OC(=O)Nc1c([S+]([O-])C(F)(F)F)c(C#N)nn1-c1c(Cl)cc(C(F)(F)F)cc1Cl. The highest BCUT2D eigenvalue weighted by atomic mass is 35.5. The Hall–Kier alpha value is -2.34. The van der Waals surface area contributed by atoms with E-state index in [1.807, 2.05) is 5.32 Å². The number of alkyl halides is 6. The number of rotatable bonds is 4. The first-order chi connectivity index (χ1) is 14.2. The lowest BCUT2D eigenvalue weighted by Gasteiger charge is -2.16. The van der Waals surface area contributed by atoms with Gasteiger partial charge in [0.2, 0.25) is 10.6 Å². The number of hydrogen-bond acceptors (Lipinski definition) is 5. The molecule has 16 heteroatoms. The Balaban J connectivity index is 2.83. The van der Waals surface area contributed by atoms with Gasteiger partial charge in [-0.3, -0.25) is 5.32 Å². The van der Waals surface area contributed by atoms with Crippen molar-refractivity contribution in [3.05, 3.63) is 40.0 Å². The quantitative estimate of drug-likeness (QED) is 0.439. The van der Waals surface area contributed by atoms with Gasteiger partial charge in [-0.1, -0.05) is 23.2 Å². The largest absolute Gasteiger partial charge is 0.604 e. The van der Waals surface area contributed by atoms with Crippen molar-refractivity contribution in [2.45, 2.75) is 23.5 Å². The van der Waals surface area contributed by atoms with Crippen molar-refractivity contribution in [2.24, 2.45) is 0 Å². The van der Waals surface area contributed by atoms with E-state index in [1.54, 1.807) is 0 Å². The standard InChI is InChI=1S/C15H7Cl2F6N4O3S/c1-2-30-13(28)25-12-11(31(29)15(21,22)23)9(5-24)26-27(12)10-7(16)3-6(4-8(10)17)14(18,19)20/h2-4H,1H3,(H,25,28). The van der Waals surface area contributed by atoms with E-state index in [9.17, 15) is 35.7 Å². The van der Waals surface area contributed by atoms with Crippen LogP contribution in [0, 0.1) is 17.9 Å². The summed E-state index contributed by atoms with van der Waals surface area (Å²) in [6.45, 7) is 2.09. The molecule has 0 aliphatic heterocycles. The third-order valence-corrected chi connectivity index (χ3v) is 5.10. The average Bonchev–Trinajstić information content (AvgIpc) is 2.96. The van der Waals surface area contributed by atoms with E-state index in [1.165, 1.54) is 13.0 Å². The maximum atomic E-state index is 13.1. The average molecular weight is 508 g/mol. The number of nitrogens with zero attached hydrogens (tertiary/aromatic N) is 3. The molecule has 2 rings (SSSR count). The third kappa shape index (κ3) is 5.29. The number of nitriles is 1. The summed E-state index contributed by atoms with van der Waals surface area (Å²) in [5.41, 5.74) is -8.34. The smallest absolute Gasteiger partial charge is 0.578 e. The maximum Gasteiger partial charge on any atom is 0.578 e. The van der Waals surface area contributed by atoms with Crippen LogP contribution in [0.4, 0.5) is 37.0 Å². The van der Waals surface area contributed by atoms with Crippen LogP contribution in [0.3, 0.4) is 0 Å². The van der Waals surface area contributed by atoms with Gasteiger partial charge in [0.1, 0.15) is 29.5 Å². The molecule has 1 N–H and O–H groups in total. The highest BCUT2D eigenvalue weighted by Crippen LogP contribution is 2.42. The summed E-state index contributed by atoms with van der Waals surface area (Å²) in [5, 5.41) is 13.0. The zero-order chi connectivity index (χ0) is 23.7. The lowest BCUT2D eigenvalue weighted by molar-refractivity contribution is -0.137. The van der Waals surface area contributed by atoms with Gasteiger partial charge in [0.25, 0.3) is 0 Å². The molecule has 1 radical (unpaired) electrons. The molecule has 1 heterocycles. The van der Waals surface area contributed by atoms with Crippen molar-refractivity contribution in [1.29, 1.82) is 5.26 Å². The zero-order valence-corrected chi connectivity index (χ0v) is 17.1. The van der Waals surface area contributed by atoms with Gasteiger partial charge in [0.15, 0.2) is 5.82 Å². The van der Waals surface area contributed by atoms with E-state index < -0.39 is 66.7 Å². The molecule has 1 atom stereocenters. The van der Waals surface area contributed by atoms with Crippen molar-refractivity contribution in [3.63, 3.8) is 0 Å². The Labute approximate surface area is 182 Å². The van der Waals surface area contributed by atoms with Crippen molar-refractivity contribution in [3.8, 4) is 11.8 Å². The van der Waals surface area contributed by atoms with Crippen LogP contribution in [0.1, 0.15) is 18.2 Å². The van der Waals surface area contributed by atoms with Crippen LogP contribution >= 0.6 is 23.2 Å². The number of anilines is 1. The number of amides is 1. The summed E-state index contributed by atoms with van der Waals surface area (Å²) in [6, 6.07) is 2.07. The molecule has 0 aliphatic rings. The minimum Gasteiger partial charge on any atom is -0.604 e. The molecule has 1 amide bonds. The summed E-state index contributed by atoms with van der Waals surface area (Å²) < 4.78 is 94.9. The topological polar surface area (TPSA) is 103 Å². The molecule has 31 heavy (non-hydrogen) atoms. The van der Waals surface area contributed by atoms with Crippen LogP contribution in [0.25, 0.3) is 5.69 Å². The molecule has 0 bridgehead atoms.